The first-order chi connectivity index (χ1) is 12.0. The number of aromatic amines is 1. The first-order valence-corrected chi connectivity index (χ1v) is 8.28. The standard InChI is InChI=1S/C17H22N6O2/c1-10-3-4-14(12-6-20-21-7-12)23(9-10)17(25)16(24)22-13-5-11(2)15(18)19-8-13/h5-8,10,14H,3-4,9H2,1-2H3,(H2,18,19)(H,20,21)(H,22,24)/t10-,14-/m0/s1. The Kier molecular flexibility index (Phi) is 4.69. The molecule has 1 fully saturated rings. The van der Waals surface area contributed by atoms with E-state index in [1.807, 2.05) is 0 Å². The number of nitrogen functional groups attached to an aromatic ring is 1. The van der Waals surface area contributed by atoms with E-state index in [2.05, 4.69) is 27.4 Å². The normalized spacial score (nSPS) is 20.3. The summed E-state index contributed by atoms with van der Waals surface area (Å²) in [5, 5.41) is 9.34. The van der Waals surface area contributed by atoms with Gasteiger partial charge in [0, 0.05) is 18.3 Å². The largest absolute Gasteiger partial charge is 0.383 e. The molecule has 2 aromatic rings. The number of hydrogen-bond acceptors (Lipinski definition) is 5. The highest BCUT2D eigenvalue weighted by atomic mass is 16.2. The van der Waals surface area contributed by atoms with Gasteiger partial charge in [-0.05, 0) is 37.3 Å². The van der Waals surface area contributed by atoms with Gasteiger partial charge < -0.3 is 16.0 Å². The molecule has 8 nitrogen and oxygen atoms in total. The molecule has 1 saturated heterocycles. The number of H-pyrrole nitrogens is 1. The number of anilines is 2. The average molecular weight is 342 g/mol. The van der Waals surface area contributed by atoms with Crippen molar-refractivity contribution in [1.29, 1.82) is 0 Å². The number of piperidine rings is 1. The highest BCUT2D eigenvalue weighted by molar-refractivity contribution is 6.39. The predicted molar refractivity (Wildman–Crippen MR) is 93.5 cm³/mol. The third-order valence-corrected chi connectivity index (χ3v) is 4.55. The SMILES string of the molecule is Cc1cc(NC(=O)C(=O)N2C[C@@H](C)CC[C@H]2c2cn[nH]c2)cnc1N. The van der Waals surface area contributed by atoms with Crippen molar-refractivity contribution >= 4 is 23.3 Å². The minimum absolute atomic E-state index is 0.139. The molecule has 2 aromatic heterocycles. The van der Waals surface area contributed by atoms with E-state index >= 15 is 0 Å². The molecule has 3 heterocycles. The summed E-state index contributed by atoms with van der Waals surface area (Å²) in [5.74, 6) is -0.477. The van der Waals surface area contributed by atoms with Crippen LogP contribution in [0, 0.1) is 12.8 Å². The van der Waals surface area contributed by atoms with E-state index < -0.39 is 11.8 Å². The fourth-order valence-electron chi connectivity index (χ4n) is 3.14. The Morgan fingerprint density at radius 3 is 2.84 bits per heavy atom. The summed E-state index contributed by atoms with van der Waals surface area (Å²) in [7, 11) is 0. The summed E-state index contributed by atoms with van der Waals surface area (Å²) in [6, 6.07) is 1.55. The van der Waals surface area contributed by atoms with Gasteiger partial charge in [0.1, 0.15) is 5.82 Å². The lowest BCUT2D eigenvalue weighted by Crippen LogP contribution is -2.46. The molecule has 0 aliphatic carbocycles. The summed E-state index contributed by atoms with van der Waals surface area (Å²) in [6.07, 6.45) is 6.72. The molecule has 4 N–H and O–H groups in total. The molecular formula is C17H22N6O2. The Morgan fingerprint density at radius 1 is 1.36 bits per heavy atom. The van der Waals surface area contributed by atoms with Crippen molar-refractivity contribution in [3.05, 3.63) is 35.8 Å². The van der Waals surface area contributed by atoms with Crippen LogP contribution in [0.15, 0.2) is 24.7 Å². The monoisotopic (exact) mass is 342 g/mol. The number of carbonyl (C=O) groups is 2. The number of likely N-dealkylation sites (tertiary alicyclic amines) is 1. The molecule has 3 rings (SSSR count). The molecule has 0 spiro atoms. The third-order valence-electron chi connectivity index (χ3n) is 4.55. The maximum Gasteiger partial charge on any atom is 0.313 e. The van der Waals surface area contributed by atoms with Gasteiger partial charge in [0.05, 0.1) is 24.1 Å². The molecule has 0 unspecified atom stereocenters. The highest BCUT2D eigenvalue weighted by Crippen LogP contribution is 2.33. The molecule has 0 aromatic carbocycles. The van der Waals surface area contributed by atoms with E-state index in [9.17, 15) is 9.59 Å². The smallest absolute Gasteiger partial charge is 0.313 e. The Labute approximate surface area is 145 Å². The first kappa shape index (κ1) is 16.9. The number of nitrogens with zero attached hydrogens (tertiary/aromatic N) is 3. The molecule has 1 aliphatic heterocycles. The van der Waals surface area contributed by atoms with Crippen LogP contribution in [0.1, 0.15) is 36.9 Å². The lowest BCUT2D eigenvalue weighted by atomic mass is 9.91. The van der Waals surface area contributed by atoms with Crippen molar-refractivity contribution in [1.82, 2.24) is 20.1 Å². The van der Waals surface area contributed by atoms with E-state index in [0.717, 1.165) is 24.0 Å². The fourth-order valence-corrected chi connectivity index (χ4v) is 3.14. The number of rotatable bonds is 2. The average Bonchev–Trinajstić information content (AvgIpc) is 3.11. The first-order valence-electron chi connectivity index (χ1n) is 8.28. The van der Waals surface area contributed by atoms with Crippen LogP contribution in [-0.4, -0.2) is 38.4 Å². The van der Waals surface area contributed by atoms with Gasteiger partial charge in [-0.25, -0.2) is 4.98 Å². The van der Waals surface area contributed by atoms with Crippen molar-refractivity contribution < 1.29 is 9.59 Å². The Balaban J connectivity index is 1.76. The van der Waals surface area contributed by atoms with Gasteiger partial charge >= 0.3 is 11.8 Å². The van der Waals surface area contributed by atoms with Crippen molar-refractivity contribution in [3.63, 3.8) is 0 Å². The van der Waals surface area contributed by atoms with Crippen LogP contribution in [0.3, 0.4) is 0 Å². The van der Waals surface area contributed by atoms with E-state index in [4.69, 9.17) is 5.73 Å². The molecular weight excluding hydrogens is 320 g/mol. The van der Waals surface area contributed by atoms with Crippen molar-refractivity contribution in [2.75, 3.05) is 17.6 Å². The Hall–Kier alpha value is -2.90. The number of hydrogen-bond donors (Lipinski definition) is 3. The lowest BCUT2D eigenvalue weighted by Gasteiger charge is -2.37. The molecule has 0 radical (unpaired) electrons. The molecule has 0 bridgehead atoms. The second-order valence-electron chi connectivity index (χ2n) is 6.57. The minimum atomic E-state index is -0.673. The topological polar surface area (TPSA) is 117 Å². The number of nitrogens with two attached hydrogens (primary N) is 1. The predicted octanol–water partition coefficient (Wildman–Crippen LogP) is 1.63. The Bertz CT molecular complexity index is 773. The van der Waals surface area contributed by atoms with Gasteiger partial charge in [0.15, 0.2) is 0 Å². The number of amides is 2. The molecule has 2 amide bonds. The van der Waals surface area contributed by atoms with Crippen LogP contribution in [0.25, 0.3) is 0 Å². The van der Waals surface area contributed by atoms with Gasteiger partial charge in [-0.1, -0.05) is 6.92 Å². The Morgan fingerprint density at radius 2 is 2.16 bits per heavy atom. The van der Waals surface area contributed by atoms with Crippen LogP contribution in [0.5, 0.6) is 0 Å². The van der Waals surface area contributed by atoms with Gasteiger partial charge in [-0.2, -0.15) is 5.10 Å². The maximum atomic E-state index is 12.7. The number of nitrogens with one attached hydrogen (secondary N) is 2. The quantitative estimate of drug-likeness (QED) is 0.717. The van der Waals surface area contributed by atoms with Crippen molar-refractivity contribution in [2.45, 2.75) is 32.7 Å². The molecule has 1 aliphatic rings. The van der Waals surface area contributed by atoms with Crippen molar-refractivity contribution in [3.8, 4) is 0 Å². The van der Waals surface area contributed by atoms with Crippen LogP contribution >= 0.6 is 0 Å². The highest BCUT2D eigenvalue weighted by Gasteiger charge is 2.34. The number of pyridine rings is 1. The zero-order chi connectivity index (χ0) is 18.0. The summed E-state index contributed by atoms with van der Waals surface area (Å²) in [6.45, 7) is 4.42. The number of carbonyl (C=O) groups excluding carboxylic acids is 2. The molecule has 132 valence electrons. The number of aryl methyl sites for hydroxylation is 1. The van der Waals surface area contributed by atoms with Gasteiger partial charge in [-0.3, -0.25) is 14.7 Å². The lowest BCUT2D eigenvalue weighted by molar-refractivity contribution is -0.146. The van der Waals surface area contributed by atoms with Crippen LogP contribution in [0.4, 0.5) is 11.5 Å². The van der Waals surface area contributed by atoms with E-state index in [1.165, 1.54) is 6.20 Å². The van der Waals surface area contributed by atoms with E-state index in [-0.39, 0.29) is 6.04 Å². The minimum Gasteiger partial charge on any atom is -0.383 e. The molecule has 2 atom stereocenters. The van der Waals surface area contributed by atoms with Gasteiger partial charge in [0.25, 0.3) is 0 Å². The van der Waals surface area contributed by atoms with Crippen molar-refractivity contribution in [2.24, 2.45) is 5.92 Å². The zero-order valence-electron chi connectivity index (χ0n) is 14.3. The van der Waals surface area contributed by atoms with Crippen LogP contribution < -0.4 is 11.1 Å². The van der Waals surface area contributed by atoms with E-state index in [0.29, 0.717) is 24.0 Å². The fraction of sp³-hybridized carbons (Fsp3) is 0.412. The second-order valence-corrected chi connectivity index (χ2v) is 6.57. The summed E-state index contributed by atoms with van der Waals surface area (Å²) >= 11 is 0. The molecule has 25 heavy (non-hydrogen) atoms. The van der Waals surface area contributed by atoms with Gasteiger partial charge in [-0.15, -0.1) is 0 Å². The van der Waals surface area contributed by atoms with Crippen LogP contribution in [0.2, 0.25) is 0 Å². The number of aromatic nitrogens is 3. The third kappa shape index (κ3) is 3.62. The maximum absolute atomic E-state index is 12.7. The zero-order valence-corrected chi connectivity index (χ0v) is 14.3. The molecule has 8 heteroatoms. The van der Waals surface area contributed by atoms with Crippen LogP contribution in [-0.2, 0) is 9.59 Å². The second kappa shape index (κ2) is 6.92. The van der Waals surface area contributed by atoms with E-state index in [1.54, 1.807) is 30.3 Å². The summed E-state index contributed by atoms with van der Waals surface area (Å²) in [5.41, 5.74) is 7.79. The summed E-state index contributed by atoms with van der Waals surface area (Å²) < 4.78 is 0. The summed E-state index contributed by atoms with van der Waals surface area (Å²) in [4.78, 5) is 30.8. The molecule has 0 saturated carbocycles. The van der Waals surface area contributed by atoms with Gasteiger partial charge in [0.2, 0.25) is 0 Å².